The number of benzene rings is 4. The Labute approximate surface area is 210 Å². The first-order chi connectivity index (χ1) is 17.7. The van der Waals surface area contributed by atoms with Gasteiger partial charge in [-0.15, -0.1) is 0 Å². The van der Waals surface area contributed by atoms with Gasteiger partial charge in [0.2, 0.25) is 0 Å². The van der Waals surface area contributed by atoms with Crippen molar-refractivity contribution < 1.29 is 9.59 Å². The summed E-state index contributed by atoms with van der Waals surface area (Å²) in [6.45, 7) is 0. The molecule has 176 valence electrons. The molecule has 0 amide bonds. The van der Waals surface area contributed by atoms with Crippen LogP contribution in [-0.2, 0) is 4.79 Å². The smallest absolute Gasteiger partial charge is 0.193 e. The van der Waals surface area contributed by atoms with Crippen LogP contribution in [0.1, 0.15) is 51.8 Å². The molecule has 0 bridgehead atoms. The molecule has 4 nitrogen and oxygen atoms in total. The van der Waals surface area contributed by atoms with Crippen LogP contribution in [0, 0.1) is 0 Å². The zero-order valence-electron chi connectivity index (χ0n) is 19.8. The monoisotopic (exact) mass is 470 g/mol. The fourth-order valence-corrected chi connectivity index (χ4v) is 5.30. The number of anilines is 2. The van der Waals surface area contributed by atoms with Gasteiger partial charge >= 0.3 is 0 Å². The third-order valence-electron chi connectivity index (χ3n) is 7.10. The van der Waals surface area contributed by atoms with Gasteiger partial charge in [-0.2, -0.15) is 0 Å². The zero-order valence-corrected chi connectivity index (χ0v) is 19.8. The maximum Gasteiger partial charge on any atom is 0.193 e. The van der Waals surface area contributed by atoms with Crippen molar-refractivity contribution in [2.45, 2.75) is 24.8 Å². The summed E-state index contributed by atoms with van der Waals surface area (Å²) in [5, 5.41) is 7.20. The normalized spacial score (nSPS) is 18.8. The fraction of sp³-hybridized carbons (Fsp3) is 0.125. The van der Waals surface area contributed by atoms with Gasteiger partial charge in [0.25, 0.3) is 0 Å². The number of Topliss-reactive ketones (excluding diaryl/α,β-unsaturated/α-hetero) is 1. The highest BCUT2D eigenvalue weighted by molar-refractivity contribution is 6.10. The Morgan fingerprint density at radius 3 is 2.00 bits per heavy atom. The first-order valence-corrected chi connectivity index (χ1v) is 12.3. The van der Waals surface area contributed by atoms with Crippen LogP contribution in [0.5, 0.6) is 0 Å². The van der Waals surface area contributed by atoms with E-state index < -0.39 is 0 Å². The van der Waals surface area contributed by atoms with Gasteiger partial charge in [-0.25, -0.2) is 0 Å². The van der Waals surface area contributed by atoms with Gasteiger partial charge in [0.05, 0.1) is 17.4 Å². The summed E-state index contributed by atoms with van der Waals surface area (Å²) in [5.74, 6) is 0.226. The molecule has 0 spiro atoms. The maximum atomic E-state index is 13.7. The van der Waals surface area contributed by atoms with Crippen molar-refractivity contribution in [3.8, 4) is 0 Å². The van der Waals surface area contributed by atoms with Crippen LogP contribution in [0.25, 0.3) is 0 Å². The topological polar surface area (TPSA) is 58.2 Å². The van der Waals surface area contributed by atoms with E-state index in [1.807, 2.05) is 84.9 Å². The van der Waals surface area contributed by atoms with E-state index in [9.17, 15) is 9.59 Å². The maximum absolute atomic E-state index is 13.7. The van der Waals surface area contributed by atoms with E-state index >= 15 is 0 Å². The van der Waals surface area contributed by atoms with E-state index in [0.29, 0.717) is 17.5 Å². The number of hydrogen-bond acceptors (Lipinski definition) is 4. The molecule has 4 aromatic carbocycles. The van der Waals surface area contributed by atoms with Crippen molar-refractivity contribution in [1.82, 2.24) is 0 Å². The fourth-order valence-electron chi connectivity index (χ4n) is 5.30. The van der Waals surface area contributed by atoms with Crippen molar-refractivity contribution in [3.05, 3.63) is 143 Å². The van der Waals surface area contributed by atoms with E-state index in [1.54, 1.807) is 0 Å². The van der Waals surface area contributed by atoms with Gasteiger partial charge in [0, 0.05) is 28.8 Å². The van der Waals surface area contributed by atoms with Gasteiger partial charge in [0.15, 0.2) is 11.6 Å². The summed E-state index contributed by atoms with van der Waals surface area (Å²) in [6.07, 6.45) is 1.20. The third kappa shape index (κ3) is 4.11. The van der Waals surface area contributed by atoms with Crippen molar-refractivity contribution in [2.24, 2.45) is 0 Å². The van der Waals surface area contributed by atoms with E-state index in [1.165, 1.54) is 5.56 Å². The number of carbonyl (C=O) groups is 2. The van der Waals surface area contributed by atoms with Crippen LogP contribution in [0.3, 0.4) is 0 Å². The molecule has 1 aliphatic heterocycles. The highest BCUT2D eigenvalue weighted by Crippen LogP contribution is 2.44. The molecule has 0 fully saturated rings. The predicted octanol–water partition coefficient (Wildman–Crippen LogP) is 6.90. The molecule has 6 rings (SSSR count). The number of ketones is 2. The van der Waals surface area contributed by atoms with Crippen LogP contribution < -0.4 is 10.6 Å². The molecule has 2 atom stereocenters. The minimum atomic E-state index is -0.269. The number of nitrogens with one attached hydrogen (secondary N) is 2. The Morgan fingerprint density at radius 2 is 1.31 bits per heavy atom. The summed E-state index contributed by atoms with van der Waals surface area (Å²) in [5.41, 5.74) is 6.84. The second-order valence-corrected chi connectivity index (χ2v) is 9.40. The minimum absolute atomic E-state index is 0.0276. The number of fused-ring (bicyclic) bond motifs is 1. The Balaban J connectivity index is 1.43. The van der Waals surface area contributed by atoms with Gasteiger partial charge < -0.3 is 10.6 Å². The van der Waals surface area contributed by atoms with Gasteiger partial charge in [0.1, 0.15) is 0 Å². The lowest BCUT2D eigenvalue weighted by Crippen LogP contribution is -2.26. The lowest BCUT2D eigenvalue weighted by molar-refractivity contribution is -0.116. The van der Waals surface area contributed by atoms with Crippen LogP contribution in [-0.4, -0.2) is 11.6 Å². The Bertz CT molecular complexity index is 1460. The number of allylic oxidation sites excluding steroid dienone is 1. The predicted molar refractivity (Wildman–Crippen MR) is 143 cm³/mol. The molecule has 36 heavy (non-hydrogen) atoms. The van der Waals surface area contributed by atoms with Crippen LogP contribution in [0.15, 0.2) is 120 Å². The molecule has 4 aromatic rings. The Morgan fingerprint density at radius 1 is 0.667 bits per heavy atom. The van der Waals surface area contributed by atoms with E-state index in [4.69, 9.17) is 0 Å². The first kappa shape index (κ1) is 22.1. The van der Waals surface area contributed by atoms with Gasteiger partial charge in [-0.1, -0.05) is 91.0 Å². The standard InChI is InChI=1S/C32H26N2O2/c35-29-20-25(21-10-4-1-5-11-21)19-28-30(29)31(22-12-6-2-7-13-22)34-26-17-16-24(18-27(26)33-28)32(36)23-14-8-3-9-15-23/h1-18,25,31,33-34H,19-20H2/t25-,31-/m0/s1. The lowest BCUT2D eigenvalue weighted by Gasteiger charge is -2.30. The second-order valence-electron chi connectivity index (χ2n) is 9.40. The van der Waals surface area contributed by atoms with Crippen LogP contribution in [0.4, 0.5) is 11.4 Å². The van der Waals surface area contributed by atoms with Crippen LogP contribution in [0.2, 0.25) is 0 Å². The Hall–Kier alpha value is -4.44. The summed E-state index contributed by atoms with van der Waals surface area (Å²) in [7, 11) is 0. The van der Waals surface area contributed by atoms with Gasteiger partial charge in [-0.05, 0) is 41.7 Å². The molecule has 0 saturated heterocycles. The zero-order chi connectivity index (χ0) is 24.5. The number of carbonyl (C=O) groups excluding carboxylic acids is 2. The number of hydrogen-bond donors (Lipinski definition) is 2. The summed E-state index contributed by atoms with van der Waals surface area (Å²) in [4.78, 5) is 26.8. The lowest BCUT2D eigenvalue weighted by atomic mass is 9.78. The molecule has 2 N–H and O–H groups in total. The number of rotatable bonds is 4. The molecule has 0 aromatic heterocycles. The van der Waals surface area contributed by atoms with Crippen LogP contribution >= 0.6 is 0 Å². The second kappa shape index (κ2) is 9.31. The molecular weight excluding hydrogens is 444 g/mol. The molecule has 0 unspecified atom stereocenters. The highest BCUT2D eigenvalue weighted by Gasteiger charge is 2.36. The average Bonchev–Trinajstić information content (AvgIpc) is 3.10. The molecule has 4 heteroatoms. The van der Waals surface area contributed by atoms with Crippen molar-refractivity contribution in [2.75, 3.05) is 10.6 Å². The average molecular weight is 471 g/mol. The van der Waals surface area contributed by atoms with Crippen molar-refractivity contribution in [1.29, 1.82) is 0 Å². The highest BCUT2D eigenvalue weighted by atomic mass is 16.1. The van der Waals surface area contributed by atoms with E-state index in [0.717, 1.165) is 34.6 Å². The molecule has 0 radical (unpaired) electrons. The molecule has 1 aliphatic carbocycles. The Kier molecular flexibility index (Phi) is 5.70. The quantitative estimate of drug-likeness (QED) is 0.319. The summed E-state index contributed by atoms with van der Waals surface area (Å²) < 4.78 is 0. The molecule has 0 saturated carbocycles. The molecule has 1 heterocycles. The van der Waals surface area contributed by atoms with E-state index in [2.05, 4.69) is 34.9 Å². The van der Waals surface area contributed by atoms with Crippen molar-refractivity contribution >= 4 is 22.9 Å². The SMILES string of the molecule is O=C1C[C@@H](c2ccccc2)CC2=C1[C@H](c1ccccc1)Nc1ccc(C(=O)c3ccccc3)cc1N2. The summed E-state index contributed by atoms with van der Waals surface area (Å²) in [6, 6.07) is 35.0. The minimum Gasteiger partial charge on any atom is -0.372 e. The summed E-state index contributed by atoms with van der Waals surface area (Å²) >= 11 is 0. The van der Waals surface area contributed by atoms with Gasteiger partial charge in [-0.3, -0.25) is 9.59 Å². The van der Waals surface area contributed by atoms with Crippen molar-refractivity contribution in [3.63, 3.8) is 0 Å². The largest absolute Gasteiger partial charge is 0.372 e. The first-order valence-electron chi connectivity index (χ1n) is 12.3. The third-order valence-corrected chi connectivity index (χ3v) is 7.10. The van der Waals surface area contributed by atoms with E-state index in [-0.39, 0.29) is 23.5 Å². The molecular formula is C32H26N2O2. The molecule has 2 aliphatic rings.